The summed E-state index contributed by atoms with van der Waals surface area (Å²) in [5.74, 6) is -1.46. The molecule has 1 saturated heterocycles. The molecule has 2 aliphatic rings. The third-order valence-electron chi connectivity index (χ3n) is 6.27. The van der Waals surface area contributed by atoms with Crippen LogP contribution in [0.5, 0.6) is 11.6 Å². The number of aromatic hydroxyl groups is 1. The van der Waals surface area contributed by atoms with Gasteiger partial charge in [-0.25, -0.2) is 14.2 Å². The lowest BCUT2D eigenvalue weighted by atomic mass is 9.74. The van der Waals surface area contributed by atoms with Crippen LogP contribution in [-0.2, 0) is 10.2 Å². The molecule has 0 unspecified atom stereocenters. The van der Waals surface area contributed by atoms with Crippen molar-refractivity contribution in [3.05, 3.63) is 53.1 Å². The number of piperidine rings is 1. The standard InChI is InChI=1S/C22H21FN4O5/c1-2-31-21(30)13-11-25-27-18(13)24-10-14(20(27)29)19(28)26-8-6-22(7-9-26)12-32-17-15(22)4-3-5-16(17)23/h3-5,10-11,29H,2,6-9,12H2,1H3. The van der Waals surface area contributed by atoms with Crippen LogP contribution < -0.4 is 4.74 Å². The van der Waals surface area contributed by atoms with E-state index in [4.69, 9.17) is 9.47 Å². The van der Waals surface area contributed by atoms with E-state index in [1.807, 2.05) is 6.07 Å². The number of aromatic nitrogens is 3. The summed E-state index contributed by atoms with van der Waals surface area (Å²) in [6, 6.07) is 4.94. The number of rotatable bonds is 3. The first-order valence-corrected chi connectivity index (χ1v) is 10.4. The zero-order chi connectivity index (χ0) is 22.5. The fraction of sp³-hybridized carbons (Fsp3) is 0.364. The number of amides is 1. The minimum absolute atomic E-state index is 0.0129. The monoisotopic (exact) mass is 440 g/mol. The number of hydrogen-bond acceptors (Lipinski definition) is 7. The Morgan fingerprint density at radius 1 is 1.25 bits per heavy atom. The van der Waals surface area contributed by atoms with Gasteiger partial charge in [-0.3, -0.25) is 4.79 Å². The van der Waals surface area contributed by atoms with Crippen molar-refractivity contribution < 1.29 is 28.6 Å². The second-order valence-corrected chi connectivity index (χ2v) is 7.99. The average Bonchev–Trinajstić information content (AvgIpc) is 3.38. The van der Waals surface area contributed by atoms with Gasteiger partial charge in [0.15, 0.2) is 17.2 Å². The highest BCUT2D eigenvalue weighted by Crippen LogP contribution is 2.46. The normalized spacial score (nSPS) is 16.8. The summed E-state index contributed by atoms with van der Waals surface area (Å²) in [6.45, 7) is 3.09. The van der Waals surface area contributed by atoms with Gasteiger partial charge in [0.05, 0.1) is 19.4 Å². The number of benzene rings is 1. The molecule has 2 aromatic heterocycles. The van der Waals surface area contributed by atoms with Crippen molar-refractivity contribution in [3.8, 4) is 11.6 Å². The maximum absolute atomic E-state index is 14.1. The molecule has 0 aliphatic carbocycles. The van der Waals surface area contributed by atoms with Crippen LogP contribution in [0.3, 0.4) is 0 Å². The van der Waals surface area contributed by atoms with E-state index in [0.717, 1.165) is 10.1 Å². The fourth-order valence-electron chi connectivity index (χ4n) is 4.51. The SMILES string of the molecule is CCOC(=O)c1cnn2c(O)c(C(=O)N3CCC4(CC3)COc3c(F)cccc34)cnc12. The van der Waals surface area contributed by atoms with E-state index < -0.39 is 17.8 Å². The molecule has 4 heterocycles. The lowest BCUT2D eigenvalue weighted by molar-refractivity contribution is 0.0528. The summed E-state index contributed by atoms with van der Waals surface area (Å²) < 4.78 is 25.7. The first kappa shape index (κ1) is 20.2. The van der Waals surface area contributed by atoms with Crippen LogP contribution in [0.25, 0.3) is 5.65 Å². The van der Waals surface area contributed by atoms with E-state index >= 15 is 0 Å². The predicted octanol–water partition coefficient (Wildman–Crippen LogP) is 2.32. The number of fused-ring (bicyclic) bond motifs is 3. The Kier molecular flexibility index (Phi) is 4.72. The second kappa shape index (κ2) is 7.47. The number of esters is 1. The Hall–Kier alpha value is -3.69. The zero-order valence-corrected chi connectivity index (χ0v) is 17.4. The zero-order valence-electron chi connectivity index (χ0n) is 17.4. The summed E-state index contributed by atoms with van der Waals surface area (Å²) in [6.07, 6.45) is 3.71. The lowest BCUT2D eigenvalue weighted by Gasteiger charge is -2.38. The van der Waals surface area contributed by atoms with E-state index in [0.29, 0.717) is 38.3 Å². The molecule has 5 rings (SSSR count). The molecule has 1 fully saturated rings. The van der Waals surface area contributed by atoms with Gasteiger partial charge in [0, 0.05) is 30.3 Å². The van der Waals surface area contributed by atoms with E-state index in [1.54, 1.807) is 17.9 Å². The van der Waals surface area contributed by atoms with Crippen molar-refractivity contribution in [2.24, 2.45) is 0 Å². The number of ether oxygens (including phenoxy) is 2. The van der Waals surface area contributed by atoms with Gasteiger partial charge in [0.2, 0.25) is 5.88 Å². The van der Waals surface area contributed by atoms with Crippen LogP contribution in [0.15, 0.2) is 30.6 Å². The van der Waals surface area contributed by atoms with Gasteiger partial charge in [-0.15, -0.1) is 0 Å². The molecule has 166 valence electrons. The van der Waals surface area contributed by atoms with E-state index in [-0.39, 0.29) is 34.6 Å². The molecule has 9 nitrogen and oxygen atoms in total. The molecule has 32 heavy (non-hydrogen) atoms. The average molecular weight is 440 g/mol. The molecule has 0 saturated carbocycles. The minimum atomic E-state index is -0.606. The number of likely N-dealkylation sites (tertiary alicyclic amines) is 1. The first-order valence-electron chi connectivity index (χ1n) is 10.4. The Balaban J connectivity index is 1.37. The number of halogens is 1. The smallest absolute Gasteiger partial charge is 0.343 e. The van der Waals surface area contributed by atoms with E-state index in [1.165, 1.54) is 18.5 Å². The van der Waals surface area contributed by atoms with Gasteiger partial charge in [-0.1, -0.05) is 12.1 Å². The third-order valence-corrected chi connectivity index (χ3v) is 6.27. The van der Waals surface area contributed by atoms with Crippen LogP contribution in [0.4, 0.5) is 4.39 Å². The van der Waals surface area contributed by atoms with Crippen molar-refractivity contribution in [2.75, 3.05) is 26.3 Å². The maximum atomic E-state index is 14.1. The number of carbonyl (C=O) groups is 2. The highest BCUT2D eigenvalue weighted by Gasteiger charge is 2.45. The van der Waals surface area contributed by atoms with Crippen molar-refractivity contribution in [3.63, 3.8) is 0 Å². The van der Waals surface area contributed by atoms with Crippen molar-refractivity contribution >= 4 is 17.5 Å². The Morgan fingerprint density at radius 3 is 2.78 bits per heavy atom. The summed E-state index contributed by atoms with van der Waals surface area (Å²) >= 11 is 0. The summed E-state index contributed by atoms with van der Waals surface area (Å²) in [4.78, 5) is 30.9. The number of nitrogens with zero attached hydrogens (tertiary/aromatic N) is 4. The molecule has 1 spiro atoms. The van der Waals surface area contributed by atoms with Crippen LogP contribution in [0.1, 0.15) is 46.0 Å². The Morgan fingerprint density at radius 2 is 2.03 bits per heavy atom. The molecule has 0 radical (unpaired) electrons. The van der Waals surface area contributed by atoms with Crippen molar-refractivity contribution in [1.82, 2.24) is 19.5 Å². The van der Waals surface area contributed by atoms with E-state index in [9.17, 15) is 19.1 Å². The minimum Gasteiger partial charge on any atom is -0.493 e. The van der Waals surface area contributed by atoms with Gasteiger partial charge in [0.1, 0.15) is 11.1 Å². The van der Waals surface area contributed by atoms with E-state index in [2.05, 4.69) is 10.1 Å². The number of para-hydroxylation sites is 1. The predicted molar refractivity (Wildman–Crippen MR) is 109 cm³/mol. The van der Waals surface area contributed by atoms with Gasteiger partial charge >= 0.3 is 5.97 Å². The highest BCUT2D eigenvalue weighted by molar-refractivity contribution is 5.98. The lowest BCUT2D eigenvalue weighted by Crippen LogP contribution is -2.46. The third kappa shape index (κ3) is 2.97. The molecular weight excluding hydrogens is 419 g/mol. The first-order chi connectivity index (χ1) is 15.4. The summed E-state index contributed by atoms with van der Waals surface area (Å²) in [5, 5.41) is 14.6. The van der Waals surface area contributed by atoms with Crippen molar-refractivity contribution in [2.45, 2.75) is 25.2 Å². The van der Waals surface area contributed by atoms with Crippen LogP contribution in [0, 0.1) is 5.82 Å². The molecule has 1 N–H and O–H groups in total. The second-order valence-electron chi connectivity index (χ2n) is 7.99. The molecule has 10 heteroatoms. The fourth-order valence-corrected chi connectivity index (χ4v) is 4.51. The van der Waals surface area contributed by atoms with Crippen LogP contribution in [-0.4, -0.2) is 62.8 Å². The molecule has 0 atom stereocenters. The highest BCUT2D eigenvalue weighted by atomic mass is 19.1. The molecule has 3 aromatic rings. The topological polar surface area (TPSA) is 106 Å². The number of hydrogen-bond donors (Lipinski definition) is 1. The van der Waals surface area contributed by atoms with Gasteiger partial charge < -0.3 is 19.5 Å². The van der Waals surface area contributed by atoms with Gasteiger partial charge in [0.25, 0.3) is 5.91 Å². The summed E-state index contributed by atoms with van der Waals surface area (Å²) in [7, 11) is 0. The molecule has 0 bridgehead atoms. The largest absolute Gasteiger partial charge is 0.493 e. The molecular formula is C22H21FN4O5. The van der Waals surface area contributed by atoms with Crippen LogP contribution >= 0.6 is 0 Å². The van der Waals surface area contributed by atoms with Crippen molar-refractivity contribution in [1.29, 1.82) is 0 Å². The molecule has 1 amide bonds. The molecule has 1 aromatic carbocycles. The van der Waals surface area contributed by atoms with Gasteiger partial charge in [-0.05, 0) is 25.8 Å². The van der Waals surface area contributed by atoms with Gasteiger partial charge in [-0.2, -0.15) is 9.61 Å². The Labute approximate surface area is 182 Å². The quantitative estimate of drug-likeness (QED) is 0.623. The molecule has 2 aliphatic heterocycles. The Bertz CT molecular complexity index is 1230. The summed E-state index contributed by atoms with van der Waals surface area (Å²) in [5.41, 5.74) is 0.722. The number of carbonyl (C=O) groups excluding carboxylic acids is 2. The maximum Gasteiger partial charge on any atom is 0.343 e. The van der Waals surface area contributed by atoms with Crippen LogP contribution in [0.2, 0.25) is 0 Å².